The van der Waals surface area contributed by atoms with Crippen LogP contribution in [-0.2, 0) is 30.7 Å². The minimum atomic E-state index is -0.00380. The topological polar surface area (TPSA) is 38.3 Å². The van der Waals surface area contributed by atoms with Crippen LogP contribution in [0.1, 0.15) is 36.1 Å². The molecule has 1 amide bonds. The minimum absolute atomic E-state index is 0.00380. The van der Waals surface area contributed by atoms with E-state index < -0.39 is 0 Å². The zero-order valence-electron chi connectivity index (χ0n) is 14.5. The maximum atomic E-state index is 11.7. The zero-order chi connectivity index (χ0) is 17.5. The van der Waals surface area contributed by atoms with Gasteiger partial charge in [0.25, 0.3) is 0 Å². The van der Waals surface area contributed by atoms with E-state index in [4.69, 9.17) is 4.74 Å². The van der Waals surface area contributed by atoms with Crippen LogP contribution in [0.3, 0.4) is 0 Å². The Morgan fingerprint density at radius 1 is 1.12 bits per heavy atom. The van der Waals surface area contributed by atoms with Crippen molar-refractivity contribution in [3.8, 4) is 5.75 Å². The van der Waals surface area contributed by atoms with E-state index in [2.05, 4.69) is 47.2 Å². The number of rotatable bonds is 7. The fourth-order valence-corrected chi connectivity index (χ4v) is 3.13. The van der Waals surface area contributed by atoms with Gasteiger partial charge in [0.2, 0.25) is 5.91 Å². The molecular weight excluding hydrogens is 366 g/mol. The van der Waals surface area contributed by atoms with Crippen molar-refractivity contribution in [3.05, 3.63) is 63.1 Å². The summed E-state index contributed by atoms with van der Waals surface area (Å²) in [5.41, 5.74) is 4.53. The third-order valence-electron chi connectivity index (χ3n) is 4.13. The Morgan fingerprint density at radius 3 is 2.58 bits per heavy atom. The van der Waals surface area contributed by atoms with Crippen molar-refractivity contribution >= 4 is 21.8 Å². The number of hydrogen-bond acceptors (Lipinski definition) is 2. The summed E-state index contributed by atoms with van der Waals surface area (Å²) in [6.45, 7) is 4.73. The lowest BCUT2D eigenvalue weighted by molar-refractivity contribution is -0.119. The first kappa shape index (κ1) is 18.5. The quantitative estimate of drug-likeness (QED) is 0.759. The summed E-state index contributed by atoms with van der Waals surface area (Å²) < 4.78 is 7.05. The van der Waals surface area contributed by atoms with Gasteiger partial charge in [0.15, 0.2) is 0 Å². The van der Waals surface area contributed by atoms with Crippen LogP contribution in [0, 0.1) is 0 Å². The molecule has 128 valence electrons. The highest BCUT2D eigenvalue weighted by molar-refractivity contribution is 9.10. The third-order valence-corrected chi connectivity index (χ3v) is 4.87. The largest absolute Gasteiger partial charge is 0.489 e. The van der Waals surface area contributed by atoms with Gasteiger partial charge in [-0.05, 0) is 41.7 Å². The third kappa shape index (κ3) is 4.60. The number of carbonyl (C=O) groups is 1. The van der Waals surface area contributed by atoms with Crippen LogP contribution in [0.4, 0.5) is 0 Å². The summed E-state index contributed by atoms with van der Waals surface area (Å²) in [5, 5.41) is 2.67. The smallest absolute Gasteiger partial charge is 0.224 e. The molecular formula is C20H24BrNO2. The minimum Gasteiger partial charge on any atom is -0.489 e. The van der Waals surface area contributed by atoms with Crippen LogP contribution in [0.15, 0.2) is 40.9 Å². The van der Waals surface area contributed by atoms with Gasteiger partial charge in [-0.1, -0.05) is 54.0 Å². The molecule has 24 heavy (non-hydrogen) atoms. The molecule has 0 unspecified atom stereocenters. The van der Waals surface area contributed by atoms with E-state index >= 15 is 0 Å². The van der Waals surface area contributed by atoms with Gasteiger partial charge >= 0.3 is 0 Å². The molecule has 0 atom stereocenters. The summed E-state index contributed by atoms with van der Waals surface area (Å²) in [7, 11) is 1.65. The number of halogens is 1. The van der Waals surface area contributed by atoms with E-state index in [1.165, 1.54) is 11.1 Å². The van der Waals surface area contributed by atoms with E-state index in [1.54, 1.807) is 7.05 Å². The van der Waals surface area contributed by atoms with E-state index in [9.17, 15) is 4.79 Å². The Labute approximate surface area is 152 Å². The molecule has 3 nitrogen and oxygen atoms in total. The number of carbonyl (C=O) groups excluding carboxylic acids is 1. The molecule has 1 N–H and O–H groups in total. The average molecular weight is 390 g/mol. The van der Waals surface area contributed by atoms with Crippen molar-refractivity contribution < 1.29 is 9.53 Å². The Balaban J connectivity index is 2.21. The van der Waals surface area contributed by atoms with Gasteiger partial charge < -0.3 is 10.1 Å². The molecule has 0 saturated heterocycles. The van der Waals surface area contributed by atoms with Crippen LogP contribution in [-0.4, -0.2) is 13.0 Å². The van der Waals surface area contributed by atoms with Gasteiger partial charge in [-0.2, -0.15) is 0 Å². The monoisotopic (exact) mass is 389 g/mol. The molecule has 2 aromatic rings. The number of aryl methyl sites for hydroxylation is 2. The predicted octanol–water partition coefficient (Wildman–Crippen LogP) is 4.44. The number of amides is 1. The van der Waals surface area contributed by atoms with Gasteiger partial charge in [0, 0.05) is 17.1 Å². The maximum Gasteiger partial charge on any atom is 0.224 e. The van der Waals surface area contributed by atoms with E-state index in [1.807, 2.05) is 24.3 Å². The number of ether oxygens (including phenoxy) is 1. The summed E-state index contributed by atoms with van der Waals surface area (Å²) in [6.07, 6.45) is 2.31. The van der Waals surface area contributed by atoms with Gasteiger partial charge in [-0.15, -0.1) is 0 Å². The second-order valence-corrected chi connectivity index (χ2v) is 6.52. The van der Waals surface area contributed by atoms with Gasteiger partial charge in [0.05, 0.1) is 6.42 Å². The molecule has 0 radical (unpaired) electrons. The molecule has 0 spiro atoms. The highest BCUT2D eigenvalue weighted by atomic mass is 79.9. The first-order chi connectivity index (χ1) is 11.6. The molecule has 4 heteroatoms. The van der Waals surface area contributed by atoms with Crippen molar-refractivity contribution in [1.82, 2.24) is 5.32 Å². The van der Waals surface area contributed by atoms with Gasteiger partial charge in [-0.25, -0.2) is 0 Å². The van der Waals surface area contributed by atoms with Crippen molar-refractivity contribution in [1.29, 1.82) is 0 Å². The molecule has 0 heterocycles. The SMILES string of the molecule is CCc1ccc(OCc2c(Br)cccc2CC(=O)NC)c(CC)c1. The fourth-order valence-electron chi connectivity index (χ4n) is 2.61. The van der Waals surface area contributed by atoms with Crippen molar-refractivity contribution in [2.75, 3.05) is 7.05 Å². The van der Waals surface area contributed by atoms with Gasteiger partial charge in [-0.3, -0.25) is 4.79 Å². The van der Waals surface area contributed by atoms with Crippen molar-refractivity contribution in [3.63, 3.8) is 0 Å². The Morgan fingerprint density at radius 2 is 1.92 bits per heavy atom. The molecule has 0 aliphatic rings. The molecule has 0 aromatic heterocycles. The molecule has 0 fully saturated rings. The van der Waals surface area contributed by atoms with Crippen LogP contribution in [0.2, 0.25) is 0 Å². The second kappa shape index (κ2) is 8.88. The van der Waals surface area contributed by atoms with E-state index in [0.29, 0.717) is 13.0 Å². The molecule has 2 aromatic carbocycles. The molecule has 0 aliphatic carbocycles. The normalized spacial score (nSPS) is 10.5. The summed E-state index contributed by atoms with van der Waals surface area (Å²) >= 11 is 3.58. The summed E-state index contributed by atoms with van der Waals surface area (Å²) in [6, 6.07) is 12.3. The average Bonchev–Trinajstić information content (AvgIpc) is 2.61. The van der Waals surface area contributed by atoms with E-state index in [-0.39, 0.29) is 5.91 Å². The molecule has 0 aliphatic heterocycles. The van der Waals surface area contributed by atoms with Crippen molar-refractivity contribution in [2.45, 2.75) is 39.7 Å². The second-order valence-electron chi connectivity index (χ2n) is 5.67. The Hall–Kier alpha value is -1.81. The fraction of sp³-hybridized carbons (Fsp3) is 0.350. The number of likely N-dealkylation sites (N-methyl/N-ethyl adjacent to an activating group) is 1. The zero-order valence-corrected chi connectivity index (χ0v) is 16.1. The van der Waals surface area contributed by atoms with E-state index in [0.717, 1.165) is 34.2 Å². The first-order valence-corrected chi connectivity index (χ1v) is 9.09. The molecule has 0 bridgehead atoms. The van der Waals surface area contributed by atoms with Crippen LogP contribution in [0.25, 0.3) is 0 Å². The Bertz CT molecular complexity index is 713. The van der Waals surface area contributed by atoms with Gasteiger partial charge in [0.1, 0.15) is 12.4 Å². The van der Waals surface area contributed by atoms with Crippen molar-refractivity contribution in [2.24, 2.45) is 0 Å². The molecule has 2 rings (SSSR count). The highest BCUT2D eigenvalue weighted by Gasteiger charge is 2.12. The number of benzene rings is 2. The molecule has 0 saturated carbocycles. The standard InChI is InChI=1S/C20H24BrNO2/c1-4-14-9-10-19(15(5-2)11-14)24-13-17-16(12-20(23)22-3)7-6-8-18(17)21/h6-11H,4-5,12-13H2,1-3H3,(H,22,23). The lowest BCUT2D eigenvalue weighted by atomic mass is 10.0. The number of hydrogen-bond donors (Lipinski definition) is 1. The predicted molar refractivity (Wildman–Crippen MR) is 101 cm³/mol. The summed E-state index contributed by atoms with van der Waals surface area (Å²) in [5.74, 6) is 0.909. The summed E-state index contributed by atoms with van der Waals surface area (Å²) in [4.78, 5) is 11.7. The highest BCUT2D eigenvalue weighted by Crippen LogP contribution is 2.26. The first-order valence-electron chi connectivity index (χ1n) is 8.30. The van der Waals surface area contributed by atoms with Crippen LogP contribution >= 0.6 is 15.9 Å². The maximum absolute atomic E-state index is 11.7. The van der Waals surface area contributed by atoms with Crippen LogP contribution < -0.4 is 10.1 Å². The number of nitrogens with one attached hydrogen (secondary N) is 1. The lowest BCUT2D eigenvalue weighted by Crippen LogP contribution is -2.21. The van der Waals surface area contributed by atoms with Crippen LogP contribution in [0.5, 0.6) is 5.75 Å². The lowest BCUT2D eigenvalue weighted by Gasteiger charge is -2.15. The Kier molecular flexibility index (Phi) is 6.85.